The Morgan fingerprint density at radius 3 is 2.33 bits per heavy atom. The minimum absolute atomic E-state index is 0.350. The van der Waals surface area contributed by atoms with Gasteiger partial charge in [-0.25, -0.2) is 0 Å². The van der Waals surface area contributed by atoms with E-state index in [-0.39, 0.29) is 5.54 Å². The van der Waals surface area contributed by atoms with Crippen LogP contribution in [0.2, 0.25) is 0 Å². The molecule has 18 heavy (non-hydrogen) atoms. The highest BCUT2D eigenvalue weighted by atomic mass is 16.5. The lowest BCUT2D eigenvalue weighted by atomic mass is 9.97. The van der Waals surface area contributed by atoms with Gasteiger partial charge >= 0.3 is 0 Å². The molecule has 0 aliphatic rings. The number of benzene rings is 1. The van der Waals surface area contributed by atoms with Crippen LogP contribution in [0, 0.1) is 13.8 Å². The molecule has 0 fully saturated rings. The molecule has 0 saturated carbocycles. The molecule has 1 aromatic carbocycles. The van der Waals surface area contributed by atoms with Crippen LogP contribution in [-0.2, 0) is 12.6 Å². The van der Waals surface area contributed by atoms with Crippen LogP contribution in [0.25, 0.3) is 10.9 Å². The summed E-state index contributed by atoms with van der Waals surface area (Å²) in [5.41, 5.74) is 10.8. The van der Waals surface area contributed by atoms with Crippen LogP contribution >= 0.6 is 0 Å². The number of fused-ring (bicyclic) bond motifs is 1. The zero-order valence-corrected chi connectivity index (χ0v) is 12.1. The Kier molecular flexibility index (Phi) is 2.90. The molecule has 0 unspecified atom stereocenters. The summed E-state index contributed by atoms with van der Waals surface area (Å²) in [6.07, 6.45) is 0. The summed E-state index contributed by atoms with van der Waals surface area (Å²) in [5, 5.41) is 1.22. The van der Waals surface area contributed by atoms with Gasteiger partial charge in [0.1, 0.15) is 5.75 Å². The minimum Gasteiger partial charge on any atom is -0.497 e. The Morgan fingerprint density at radius 2 is 1.83 bits per heavy atom. The van der Waals surface area contributed by atoms with Crippen molar-refractivity contribution in [1.29, 1.82) is 0 Å². The smallest absolute Gasteiger partial charge is 0.119 e. The fourth-order valence-electron chi connectivity index (χ4n) is 3.00. The number of aryl methyl sites for hydroxylation is 3. The zero-order chi connectivity index (χ0) is 13.7. The van der Waals surface area contributed by atoms with Crippen LogP contribution in [0.15, 0.2) is 12.1 Å². The third-order valence-electron chi connectivity index (χ3n) is 3.55. The van der Waals surface area contributed by atoms with Crippen molar-refractivity contribution in [3.63, 3.8) is 0 Å². The first-order valence-corrected chi connectivity index (χ1v) is 6.20. The molecule has 2 N–H and O–H groups in total. The first-order valence-electron chi connectivity index (χ1n) is 6.20. The molecule has 0 aliphatic carbocycles. The number of hydrogen-bond acceptors (Lipinski definition) is 2. The Morgan fingerprint density at radius 1 is 1.22 bits per heavy atom. The summed E-state index contributed by atoms with van der Waals surface area (Å²) in [4.78, 5) is 0. The van der Waals surface area contributed by atoms with Crippen LogP contribution in [0.5, 0.6) is 5.75 Å². The van der Waals surface area contributed by atoms with E-state index in [4.69, 9.17) is 10.5 Å². The van der Waals surface area contributed by atoms with E-state index >= 15 is 0 Å². The van der Waals surface area contributed by atoms with E-state index in [1.54, 1.807) is 7.11 Å². The molecule has 0 atom stereocenters. The second kappa shape index (κ2) is 4.02. The number of rotatable bonds is 2. The van der Waals surface area contributed by atoms with Crippen molar-refractivity contribution >= 4 is 10.9 Å². The monoisotopic (exact) mass is 246 g/mol. The number of hydrogen-bond donors (Lipinski definition) is 1. The van der Waals surface area contributed by atoms with Gasteiger partial charge < -0.3 is 15.0 Å². The highest BCUT2D eigenvalue weighted by Gasteiger charge is 2.24. The fraction of sp³-hybridized carbons (Fsp3) is 0.467. The van der Waals surface area contributed by atoms with Crippen molar-refractivity contribution in [1.82, 2.24) is 4.57 Å². The van der Waals surface area contributed by atoms with Crippen molar-refractivity contribution in [2.45, 2.75) is 33.2 Å². The largest absolute Gasteiger partial charge is 0.497 e. The topological polar surface area (TPSA) is 40.2 Å². The van der Waals surface area contributed by atoms with Gasteiger partial charge in [0.05, 0.1) is 18.2 Å². The number of nitrogens with two attached hydrogens (primary N) is 1. The highest BCUT2D eigenvalue weighted by molar-refractivity contribution is 5.89. The van der Waals surface area contributed by atoms with Gasteiger partial charge in [-0.2, -0.15) is 0 Å². The normalized spacial score (nSPS) is 12.2. The Bertz CT molecular complexity index is 603. The molecule has 0 amide bonds. The first kappa shape index (κ1) is 13.0. The summed E-state index contributed by atoms with van der Waals surface area (Å²) in [7, 11) is 3.78. The summed E-state index contributed by atoms with van der Waals surface area (Å²) >= 11 is 0. The summed E-state index contributed by atoms with van der Waals surface area (Å²) in [6, 6.07) is 4.15. The molecule has 3 nitrogen and oxygen atoms in total. The molecule has 0 aliphatic heterocycles. The van der Waals surface area contributed by atoms with Crippen molar-refractivity contribution in [3.05, 3.63) is 29.0 Å². The van der Waals surface area contributed by atoms with Gasteiger partial charge in [0.2, 0.25) is 0 Å². The lowest BCUT2D eigenvalue weighted by Gasteiger charge is -2.21. The number of ether oxygens (including phenoxy) is 1. The molecule has 1 heterocycles. The predicted octanol–water partition coefficient (Wildman–Crippen LogP) is 3.00. The maximum atomic E-state index is 6.29. The van der Waals surface area contributed by atoms with Crippen LogP contribution in [0.3, 0.4) is 0 Å². The second-order valence-corrected chi connectivity index (χ2v) is 5.59. The third kappa shape index (κ3) is 1.79. The Labute approximate surface area is 109 Å². The van der Waals surface area contributed by atoms with Gasteiger partial charge in [0.25, 0.3) is 0 Å². The minimum atomic E-state index is -0.350. The van der Waals surface area contributed by atoms with Crippen molar-refractivity contribution in [2.75, 3.05) is 7.11 Å². The third-order valence-corrected chi connectivity index (χ3v) is 3.55. The maximum Gasteiger partial charge on any atom is 0.119 e. The lowest BCUT2D eigenvalue weighted by molar-refractivity contribution is 0.415. The number of aromatic nitrogens is 1. The van der Waals surface area contributed by atoms with Crippen molar-refractivity contribution in [2.24, 2.45) is 12.8 Å². The average molecular weight is 246 g/mol. The first-order chi connectivity index (χ1) is 8.27. The van der Waals surface area contributed by atoms with E-state index in [0.717, 1.165) is 5.75 Å². The van der Waals surface area contributed by atoms with Crippen LogP contribution in [0.1, 0.15) is 30.7 Å². The van der Waals surface area contributed by atoms with Gasteiger partial charge in [0, 0.05) is 18.1 Å². The fourth-order valence-corrected chi connectivity index (χ4v) is 3.00. The van der Waals surface area contributed by atoms with Gasteiger partial charge in [-0.05, 0) is 51.0 Å². The van der Waals surface area contributed by atoms with Crippen molar-refractivity contribution in [3.8, 4) is 5.75 Å². The van der Waals surface area contributed by atoms with Gasteiger partial charge in [-0.15, -0.1) is 0 Å². The van der Waals surface area contributed by atoms with E-state index in [0.29, 0.717) is 0 Å². The van der Waals surface area contributed by atoms with Crippen molar-refractivity contribution < 1.29 is 4.74 Å². The molecular weight excluding hydrogens is 224 g/mol. The Hall–Kier alpha value is -1.48. The molecule has 0 radical (unpaired) electrons. The predicted molar refractivity (Wildman–Crippen MR) is 76.2 cm³/mol. The molecule has 0 saturated heterocycles. The van der Waals surface area contributed by atoms with Gasteiger partial charge in [0.15, 0.2) is 0 Å². The van der Waals surface area contributed by atoms with E-state index in [2.05, 4.69) is 37.6 Å². The van der Waals surface area contributed by atoms with E-state index in [1.807, 2.05) is 13.8 Å². The van der Waals surface area contributed by atoms with E-state index in [1.165, 1.54) is 27.7 Å². The lowest BCUT2D eigenvalue weighted by Crippen LogP contribution is -2.31. The van der Waals surface area contributed by atoms with E-state index in [9.17, 15) is 0 Å². The van der Waals surface area contributed by atoms with Gasteiger partial charge in [-0.1, -0.05) is 0 Å². The second-order valence-electron chi connectivity index (χ2n) is 5.59. The molecule has 1 aromatic heterocycles. The summed E-state index contributed by atoms with van der Waals surface area (Å²) < 4.78 is 7.56. The SMILES string of the molecule is COc1cc(C)c2c(c1)c(C)c(C(C)(C)N)n2C. The van der Waals surface area contributed by atoms with Crippen LogP contribution in [-0.4, -0.2) is 11.7 Å². The summed E-state index contributed by atoms with van der Waals surface area (Å²) in [6.45, 7) is 8.32. The average Bonchev–Trinajstić information content (AvgIpc) is 2.50. The molecule has 0 spiro atoms. The zero-order valence-electron chi connectivity index (χ0n) is 12.1. The number of methoxy groups -OCH3 is 1. The molecule has 0 bridgehead atoms. The molecule has 3 heteroatoms. The standard InChI is InChI=1S/C15H22N2O/c1-9-7-11(18-6)8-12-10(2)14(15(3,4)16)17(5)13(9)12/h7-8H,16H2,1-6H3. The molecule has 2 rings (SSSR count). The highest BCUT2D eigenvalue weighted by Crippen LogP contribution is 2.34. The molecule has 2 aromatic rings. The molecular formula is C15H22N2O. The van der Waals surface area contributed by atoms with Crippen LogP contribution in [0.4, 0.5) is 0 Å². The number of nitrogens with zero attached hydrogens (tertiary/aromatic N) is 1. The summed E-state index contributed by atoms with van der Waals surface area (Å²) in [5.74, 6) is 0.898. The van der Waals surface area contributed by atoms with E-state index < -0.39 is 0 Å². The quantitative estimate of drug-likeness (QED) is 0.885. The van der Waals surface area contributed by atoms with Gasteiger partial charge in [-0.3, -0.25) is 0 Å². The van der Waals surface area contributed by atoms with Crippen LogP contribution < -0.4 is 10.5 Å². The molecule has 98 valence electrons. The Balaban J connectivity index is 2.90. The maximum absolute atomic E-state index is 6.29.